The lowest BCUT2D eigenvalue weighted by Crippen LogP contribution is -2.05. The van der Waals surface area contributed by atoms with Crippen molar-refractivity contribution < 1.29 is 0 Å². The molecular weight excluding hydrogens is 272 g/mol. The maximum absolute atomic E-state index is 5.83. The molecule has 0 fully saturated rings. The predicted octanol–water partition coefficient (Wildman–Crippen LogP) is 3.38. The highest BCUT2D eigenvalue weighted by atomic mass is 35.5. The van der Waals surface area contributed by atoms with E-state index >= 15 is 0 Å². The number of nitrogens with one attached hydrogen (secondary N) is 1. The van der Waals surface area contributed by atoms with Gasteiger partial charge < -0.3 is 5.32 Å². The van der Waals surface area contributed by atoms with Gasteiger partial charge >= 0.3 is 0 Å². The first-order valence-electron chi connectivity index (χ1n) is 6.32. The Bertz CT molecular complexity index is 730. The summed E-state index contributed by atoms with van der Waals surface area (Å²) in [6.45, 7) is 0.644. The molecule has 0 atom stereocenters. The number of aromatic nitrogens is 3. The minimum absolute atomic E-state index is 0.516. The van der Waals surface area contributed by atoms with Crippen LogP contribution in [0, 0.1) is 0 Å². The van der Waals surface area contributed by atoms with Crippen molar-refractivity contribution in [3.05, 3.63) is 59.7 Å². The van der Waals surface area contributed by atoms with Crippen LogP contribution >= 0.6 is 11.6 Å². The molecule has 20 heavy (non-hydrogen) atoms. The average Bonchev–Trinajstić information content (AvgIpc) is 2.53. The fraction of sp³-hybridized carbons (Fsp3) is 0.133. The molecule has 0 aliphatic carbocycles. The fourth-order valence-electron chi connectivity index (χ4n) is 1.96. The average molecular weight is 285 g/mol. The molecule has 1 N–H and O–H groups in total. The van der Waals surface area contributed by atoms with Crippen LogP contribution in [0.25, 0.3) is 11.0 Å². The summed E-state index contributed by atoms with van der Waals surface area (Å²) < 4.78 is 0. The lowest BCUT2D eigenvalue weighted by molar-refractivity contribution is 0.983. The molecule has 0 aliphatic rings. The number of hydrogen-bond donors (Lipinski definition) is 1. The molecule has 3 aromatic rings. The third kappa shape index (κ3) is 2.86. The van der Waals surface area contributed by atoms with Gasteiger partial charge in [0.2, 0.25) is 5.95 Å². The molecular formula is C15H13ClN4. The molecule has 0 aliphatic heterocycles. The quantitative estimate of drug-likeness (QED) is 0.746. The van der Waals surface area contributed by atoms with Crippen molar-refractivity contribution in [1.29, 1.82) is 0 Å². The summed E-state index contributed by atoms with van der Waals surface area (Å²) in [6.07, 6.45) is 0. The molecule has 0 spiro atoms. The van der Waals surface area contributed by atoms with Crippen LogP contribution in [0.2, 0.25) is 0 Å². The van der Waals surface area contributed by atoms with Gasteiger partial charge in [0.1, 0.15) is 5.52 Å². The summed E-state index contributed by atoms with van der Waals surface area (Å²) in [6, 6.07) is 15.8. The molecule has 0 radical (unpaired) electrons. The Hall–Kier alpha value is -2.20. The largest absolute Gasteiger partial charge is 0.349 e. The van der Waals surface area contributed by atoms with Crippen molar-refractivity contribution in [3.63, 3.8) is 0 Å². The minimum Gasteiger partial charge on any atom is -0.349 e. The van der Waals surface area contributed by atoms with E-state index in [4.69, 9.17) is 11.6 Å². The highest BCUT2D eigenvalue weighted by molar-refractivity contribution is 6.17. The lowest BCUT2D eigenvalue weighted by atomic mass is 10.1. The van der Waals surface area contributed by atoms with Crippen molar-refractivity contribution >= 4 is 28.6 Å². The van der Waals surface area contributed by atoms with Gasteiger partial charge in [-0.2, -0.15) is 0 Å². The van der Waals surface area contributed by atoms with Crippen LogP contribution in [0.3, 0.4) is 0 Å². The number of anilines is 1. The van der Waals surface area contributed by atoms with Crippen molar-refractivity contribution in [2.45, 2.75) is 12.4 Å². The van der Waals surface area contributed by atoms with Gasteiger partial charge in [0.05, 0.1) is 5.52 Å². The highest BCUT2D eigenvalue weighted by Crippen LogP contribution is 2.11. The molecule has 0 saturated carbocycles. The summed E-state index contributed by atoms with van der Waals surface area (Å²) in [4.78, 5) is 4.42. The first-order chi connectivity index (χ1) is 9.85. The molecule has 1 aromatic heterocycles. The molecule has 0 saturated heterocycles. The Morgan fingerprint density at radius 1 is 0.900 bits per heavy atom. The molecule has 0 bridgehead atoms. The van der Waals surface area contributed by atoms with E-state index in [-0.39, 0.29) is 0 Å². The number of benzene rings is 2. The van der Waals surface area contributed by atoms with E-state index in [9.17, 15) is 0 Å². The zero-order valence-corrected chi connectivity index (χ0v) is 11.5. The van der Waals surface area contributed by atoms with Crippen LogP contribution in [0.15, 0.2) is 48.5 Å². The summed E-state index contributed by atoms with van der Waals surface area (Å²) in [5.41, 5.74) is 3.87. The Kier molecular flexibility index (Phi) is 3.74. The van der Waals surface area contributed by atoms with Gasteiger partial charge in [0.15, 0.2) is 0 Å². The van der Waals surface area contributed by atoms with E-state index in [2.05, 4.69) is 26.6 Å². The monoisotopic (exact) mass is 284 g/mol. The van der Waals surface area contributed by atoms with E-state index in [0.717, 1.165) is 22.2 Å². The lowest BCUT2D eigenvalue weighted by Gasteiger charge is -2.06. The Balaban J connectivity index is 1.76. The van der Waals surface area contributed by atoms with Gasteiger partial charge in [0.25, 0.3) is 0 Å². The molecule has 4 nitrogen and oxygen atoms in total. The number of halogens is 1. The minimum atomic E-state index is 0.516. The molecule has 0 unspecified atom stereocenters. The molecule has 5 heteroatoms. The predicted molar refractivity (Wildman–Crippen MR) is 80.7 cm³/mol. The zero-order chi connectivity index (χ0) is 13.8. The smallest absolute Gasteiger partial charge is 0.243 e. The molecule has 2 aromatic carbocycles. The van der Waals surface area contributed by atoms with Crippen LogP contribution in [0.5, 0.6) is 0 Å². The second-order valence-electron chi connectivity index (χ2n) is 4.43. The number of para-hydroxylation sites is 1. The van der Waals surface area contributed by atoms with Gasteiger partial charge in [-0.05, 0) is 23.3 Å². The molecule has 1 heterocycles. The van der Waals surface area contributed by atoms with E-state index < -0.39 is 0 Å². The van der Waals surface area contributed by atoms with Gasteiger partial charge in [-0.3, -0.25) is 0 Å². The SMILES string of the molecule is ClCc1cccc(CNc2nnc3ccccc3n2)c1. The van der Waals surface area contributed by atoms with E-state index in [0.29, 0.717) is 18.4 Å². The Morgan fingerprint density at radius 3 is 2.55 bits per heavy atom. The Morgan fingerprint density at radius 2 is 1.70 bits per heavy atom. The van der Waals surface area contributed by atoms with E-state index in [1.54, 1.807) is 0 Å². The topological polar surface area (TPSA) is 50.7 Å². The van der Waals surface area contributed by atoms with Crippen LogP contribution in [-0.4, -0.2) is 15.2 Å². The van der Waals surface area contributed by atoms with Gasteiger partial charge in [0, 0.05) is 12.4 Å². The number of hydrogen-bond acceptors (Lipinski definition) is 4. The second kappa shape index (κ2) is 5.84. The highest BCUT2D eigenvalue weighted by Gasteiger charge is 2.01. The number of rotatable bonds is 4. The number of alkyl halides is 1. The van der Waals surface area contributed by atoms with E-state index in [1.165, 1.54) is 0 Å². The van der Waals surface area contributed by atoms with E-state index in [1.807, 2.05) is 42.5 Å². The first-order valence-corrected chi connectivity index (χ1v) is 6.86. The normalized spacial score (nSPS) is 10.7. The van der Waals surface area contributed by atoms with Crippen LogP contribution in [0.1, 0.15) is 11.1 Å². The molecule has 3 rings (SSSR count). The number of nitrogens with zero attached hydrogens (tertiary/aromatic N) is 3. The van der Waals surface area contributed by atoms with Crippen molar-refractivity contribution in [3.8, 4) is 0 Å². The van der Waals surface area contributed by atoms with Crippen molar-refractivity contribution in [2.24, 2.45) is 0 Å². The fourth-order valence-corrected chi connectivity index (χ4v) is 2.13. The standard InChI is InChI=1S/C15H13ClN4/c16-9-11-4-3-5-12(8-11)10-17-15-18-13-6-1-2-7-14(13)19-20-15/h1-8H,9-10H2,(H,17,18,20). The maximum Gasteiger partial charge on any atom is 0.243 e. The molecule has 100 valence electrons. The van der Waals surface area contributed by atoms with Gasteiger partial charge in [-0.1, -0.05) is 36.4 Å². The third-order valence-electron chi connectivity index (χ3n) is 2.96. The maximum atomic E-state index is 5.83. The van der Waals surface area contributed by atoms with Gasteiger partial charge in [-0.25, -0.2) is 4.98 Å². The number of fused-ring (bicyclic) bond motifs is 1. The summed E-state index contributed by atoms with van der Waals surface area (Å²) >= 11 is 5.83. The first kappa shape index (κ1) is 12.8. The molecule has 0 amide bonds. The Labute approximate surface area is 121 Å². The third-order valence-corrected chi connectivity index (χ3v) is 3.27. The van der Waals surface area contributed by atoms with Gasteiger partial charge in [-0.15, -0.1) is 21.8 Å². The second-order valence-corrected chi connectivity index (χ2v) is 4.70. The van der Waals surface area contributed by atoms with Crippen molar-refractivity contribution in [1.82, 2.24) is 15.2 Å². The van der Waals surface area contributed by atoms with Crippen molar-refractivity contribution in [2.75, 3.05) is 5.32 Å². The summed E-state index contributed by atoms with van der Waals surface area (Å²) in [5.74, 6) is 1.04. The van der Waals surface area contributed by atoms with Crippen LogP contribution in [0.4, 0.5) is 5.95 Å². The van der Waals surface area contributed by atoms with Crippen LogP contribution in [-0.2, 0) is 12.4 Å². The summed E-state index contributed by atoms with van der Waals surface area (Å²) in [7, 11) is 0. The van der Waals surface area contributed by atoms with Crippen LogP contribution < -0.4 is 5.32 Å². The summed E-state index contributed by atoms with van der Waals surface area (Å²) in [5, 5.41) is 11.4. The zero-order valence-electron chi connectivity index (χ0n) is 10.8.